The third-order valence-corrected chi connectivity index (χ3v) is 4.18. The molecule has 7 nitrogen and oxygen atoms in total. The van der Waals surface area contributed by atoms with Crippen molar-refractivity contribution in [3.8, 4) is 5.75 Å². The predicted molar refractivity (Wildman–Crippen MR) is 103 cm³/mol. The minimum absolute atomic E-state index is 0.00663. The molecule has 0 saturated carbocycles. The lowest BCUT2D eigenvalue weighted by molar-refractivity contribution is -0.176. The number of fused-ring (bicyclic) bond motifs is 1. The van der Waals surface area contributed by atoms with Crippen molar-refractivity contribution < 1.29 is 41.8 Å². The van der Waals surface area contributed by atoms with Gasteiger partial charge in [0.25, 0.3) is 5.91 Å². The van der Waals surface area contributed by atoms with Crippen LogP contribution in [-0.4, -0.2) is 42.9 Å². The zero-order chi connectivity index (χ0) is 22.4. The van der Waals surface area contributed by atoms with Gasteiger partial charge in [0.1, 0.15) is 30.1 Å². The maximum Gasteiger partial charge on any atom is 0.411 e. The number of amides is 1. The number of aromatic carboxylic acids is 1. The SMILES string of the molecule is O=C(O)c1ccccc1OCCNC(=O)c1oc2ccccc2c1COCC(F)(F)F. The van der Waals surface area contributed by atoms with Crippen LogP contribution in [0.2, 0.25) is 0 Å². The normalized spacial score (nSPS) is 11.5. The summed E-state index contributed by atoms with van der Waals surface area (Å²) >= 11 is 0. The molecule has 3 rings (SSSR count). The molecule has 31 heavy (non-hydrogen) atoms. The second kappa shape index (κ2) is 9.52. The van der Waals surface area contributed by atoms with Gasteiger partial charge in [-0.05, 0) is 18.2 Å². The van der Waals surface area contributed by atoms with Gasteiger partial charge in [-0.15, -0.1) is 0 Å². The van der Waals surface area contributed by atoms with E-state index in [9.17, 15) is 22.8 Å². The first-order chi connectivity index (χ1) is 14.8. The molecule has 0 aliphatic heterocycles. The maximum atomic E-state index is 12.5. The van der Waals surface area contributed by atoms with Crippen molar-refractivity contribution in [1.82, 2.24) is 5.32 Å². The number of nitrogens with one attached hydrogen (secondary N) is 1. The molecular formula is C21H18F3NO6. The van der Waals surface area contributed by atoms with E-state index in [1.165, 1.54) is 12.1 Å². The first kappa shape index (κ1) is 22.2. The molecule has 1 heterocycles. The van der Waals surface area contributed by atoms with Gasteiger partial charge >= 0.3 is 12.1 Å². The standard InChI is InChI=1S/C21H18F3NO6/c22-21(23,24)12-29-11-15-13-5-1-4-8-17(13)31-18(15)19(26)25-9-10-30-16-7-3-2-6-14(16)20(27)28/h1-8H,9-12H2,(H,25,26)(H,27,28). The second-order valence-electron chi connectivity index (χ2n) is 6.42. The Balaban J connectivity index is 1.65. The van der Waals surface area contributed by atoms with Gasteiger partial charge in [0.05, 0.1) is 13.2 Å². The van der Waals surface area contributed by atoms with Crippen LogP contribution in [0.15, 0.2) is 52.9 Å². The van der Waals surface area contributed by atoms with E-state index in [2.05, 4.69) is 5.32 Å². The number of benzene rings is 2. The molecule has 164 valence electrons. The first-order valence-electron chi connectivity index (χ1n) is 9.14. The van der Waals surface area contributed by atoms with Crippen LogP contribution in [0.1, 0.15) is 26.5 Å². The zero-order valence-corrected chi connectivity index (χ0v) is 16.1. The topological polar surface area (TPSA) is 98.0 Å². The summed E-state index contributed by atoms with van der Waals surface area (Å²) in [6.45, 7) is -1.94. The number of rotatable bonds is 9. The quantitative estimate of drug-likeness (QED) is 0.491. The van der Waals surface area contributed by atoms with Gasteiger partial charge in [-0.2, -0.15) is 13.2 Å². The molecule has 3 aromatic rings. The predicted octanol–water partition coefficient (Wildman–Crippen LogP) is 4.02. The Bertz CT molecular complexity index is 1080. The van der Waals surface area contributed by atoms with Crippen LogP contribution in [-0.2, 0) is 11.3 Å². The summed E-state index contributed by atoms with van der Waals surface area (Å²) in [5.74, 6) is -1.81. The monoisotopic (exact) mass is 437 g/mol. The Kier molecular flexibility index (Phi) is 6.81. The summed E-state index contributed by atoms with van der Waals surface area (Å²) in [5, 5.41) is 12.2. The highest BCUT2D eigenvalue weighted by molar-refractivity contribution is 5.99. The highest BCUT2D eigenvalue weighted by Gasteiger charge is 2.28. The summed E-state index contributed by atoms with van der Waals surface area (Å²) in [4.78, 5) is 23.7. The number of halogens is 3. The van der Waals surface area contributed by atoms with Gasteiger partial charge in [0.15, 0.2) is 5.76 Å². The van der Waals surface area contributed by atoms with Crippen LogP contribution in [0.4, 0.5) is 13.2 Å². The first-order valence-corrected chi connectivity index (χ1v) is 9.14. The van der Waals surface area contributed by atoms with Crippen molar-refractivity contribution in [2.45, 2.75) is 12.8 Å². The van der Waals surface area contributed by atoms with Gasteiger partial charge < -0.3 is 24.3 Å². The molecule has 2 N–H and O–H groups in total. The molecular weight excluding hydrogens is 419 g/mol. The van der Waals surface area contributed by atoms with Crippen LogP contribution in [0.25, 0.3) is 11.0 Å². The van der Waals surface area contributed by atoms with Crippen molar-refractivity contribution in [1.29, 1.82) is 0 Å². The van der Waals surface area contributed by atoms with E-state index in [0.717, 1.165) is 0 Å². The number of hydrogen-bond donors (Lipinski definition) is 2. The summed E-state index contributed by atoms with van der Waals surface area (Å²) in [5.41, 5.74) is 0.523. The van der Waals surface area contributed by atoms with Crippen molar-refractivity contribution in [3.05, 3.63) is 65.4 Å². The number of carboxylic acid groups (broad SMARTS) is 1. The summed E-state index contributed by atoms with van der Waals surface area (Å²) < 4.78 is 52.8. The van der Waals surface area contributed by atoms with Gasteiger partial charge in [-0.3, -0.25) is 4.79 Å². The van der Waals surface area contributed by atoms with Crippen molar-refractivity contribution in [3.63, 3.8) is 0 Å². The number of carbonyl (C=O) groups is 2. The molecule has 0 radical (unpaired) electrons. The van der Waals surface area contributed by atoms with Gasteiger partial charge in [0, 0.05) is 10.9 Å². The lowest BCUT2D eigenvalue weighted by atomic mass is 10.1. The summed E-state index contributed by atoms with van der Waals surface area (Å²) in [7, 11) is 0. The smallest absolute Gasteiger partial charge is 0.411 e. The highest BCUT2D eigenvalue weighted by atomic mass is 19.4. The fourth-order valence-corrected chi connectivity index (χ4v) is 2.87. The number of carbonyl (C=O) groups excluding carboxylic acids is 1. The van der Waals surface area contributed by atoms with E-state index >= 15 is 0 Å². The molecule has 10 heteroatoms. The number of hydrogen-bond acceptors (Lipinski definition) is 5. The zero-order valence-electron chi connectivity index (χ0n) is 16.1. The van der Waals surface area contributed by atoms with Gasteiger partial charge in [-0.1, -0.05) is 30.3 Å². The van der Waals surface area contributed by atoms with E-state index in [-0.39, 0.29) is 35.8 Å². The number of alkyl halides is 3. The second-order valence-corrected chi connectivity index (χ2v) is 6.42. The molecule has 0 saturated heterocycles. The molecule has 0 bridgehead atoms. The summed E-state index contributed by atoms with van der Waals surface area (Å²) in [6.07, 6.45) is -4.49. The number of para-hydroxylation sites is 2. The summed E-state index contributed by atoms with van der Waals surface area (Å²) in [6, 6.07) is 12.6. The van der Waals surface area contributed by atoms with Crippen LogP contribution < -0.4 is 10.1 Å². The van der Waals surface area contributed by atoms with E-state index in [1.54, 1.807) is 36.4 Å². The van der Waals surface area contributed by atoms with Gasteiger partial charge in [-0.25, -0.2) is 4.79 Å². The molecule has 1 aromatic heterocycles. The molecule has 0 aliphatic carbocycles. The maximum absolute atomic E-state index is 12.5. The Labute approximate surface area is 174 Å². The average Bonchev–Trinajstić information content (AvgIpc) is 3.09. The third kappa shape index (κ3) is 5.76. The lowest BCUT2D eigenvalue weighted by Gasteiger charge is -2.10. The van der Waals surface area contributed by atoms with E-state index in [0.29, 0.717) is 11.0 Å². The van der Waals surface area contributed by atoms with Crippen LogP contribution in [0.3, 0.4) is 0 Å². The Morgan fingerprint density at radius 1 is 1.06 bits per heavy atom. The van der Waals surface area contributed by atoms with E-state index in [4.69, 9.17) is 19.0 Å². The minimum Gasteiger partial charge on any atom is -0.491 e. The number of furan rings is 1. The molecule has 0 atom stereocenters. The van der Waals surface area contributed by atoms with Gasteiger partial charge in [0.2, 0.25) is 0 Å². The fraction of sp³-hybridized carbons (Fsp3) is 0.238. The average molecular weight is 437 g/mol. The third-order valence-electron chi connectivity index (χ3n) is 4.18. The van der Waals surface area contributed by atoms with Crippen LogP contribution >= 0.6 is 0 Å². The lowest BCUT2D eigenvalue weighted by Crippen LogP contribution is -2.28. The molecule has 1 amide bonds. The molecule has 0 aliphatic rings. The van der Waals surface area contributed by atoms with Crippen molar-refractivity contribution in [2.24, 2.45) is 0 Å². The highest BCUT2D eigenvalue weighted by Crippen LogP contribution is 2.27. The Hall–Kier alpha value is -3.53. The van der Waals surface area contributed by atoms with Crippen molar-refractivity contribution >= 4 is 22.8 Å². The molecule has 2 aromatic carbocycles. The van der Waals surface area contributed by atoms with Crippen LogP contribution in [0.5, 0.6) is 5.75 Å². The fourth-order valence-electron chi connectivity index (χ4n) is 2.87. The molecule has 0 fully saturated rings. The molecule has 0 spiro atoms. The Morgan fingerprint density at radius 2 is 1.77 bits per heavy atom. The number of ether oxygens (including phenoxy) is 2. The molecule has 0 unspecified atom stereocenters. The largest absolute Gasteiger partial charge is 0.491 e. The van der Waals surface area contributed by atoms with Crippen molar-refractivity contribution in [2.75, 3.05) is 19.8 Å². The number of carboxylic acids is 1. The van der Waals surface area contributed by atoms with E-state index < -0.39 is 31.3 Å². The Morgan fingerprint density at radius 3 is 2.52 bits per heavy atom. The van der Waals surface area contributed by atoms with E-state index in [1.807, 2.05) is 0 Å². The minimum atomic E-state index is -4.49. The van der Waals surface area contributed by atoms with Crippen LogP contribution in [0, 0.1) is 0 Å².